The van der Waals surface area contributed by atoms with Gasteiger partial charge in [0.15, 0.2) is 0 Å². The zero-order chi connectivity index (χ0) is 11.5. The first-order chi connectivity index (χ1) is 7.66. The monoisotopic (exact) mass is 245 g/mol. The second-order valence-corrected chi connectivity index (χ2v) is 4.66. The molecule has 1 nitrogen and oxygen atoms in total. The molecule has 1 heterocycles. The Morgan fingerprint density at radius 1 is 1.19 bits per heavy atom. The minimum atomic E-state index is -0.687. The average Bonchev–Trinajstić information content (AvgIpc) is 2.27. The van der Waals surface area contributed by atoms with Crippen molar-refractivity contribution in [2.45, 2.75) is 19.3 Å². The van der Waals surface area contributed by atoms with Crippen molar-refractivity contribution in [1.82, 2.24) is 5.32 Å². The zero-order valence-electron chi connectivity index (χ0n) is 8.90. The van der Waals surface area contributed by atoms with E-state index in [9.17, 15) is 8.78 Å². The number of halogens is 3. The lowest BCUT2D eigenvalue weighted by atomic mass is 9.91. The van der Waals surface area contributed by atoms with Crippen LogP contribution in [0.1, 0.15) is 18.4 Å². The van der Waals surface area contributed by atoms with Crippen molar-refractivity contribution >= 4 is 11.6 Å². The van der Waals surface area contributed by atoms with E-state index >= 15 is 0 Å². The lowest BCUT2D eigenvalue weighted by Gasteiger charge is -2.22. The third-order valence-corrected chi connectivity index (χ3v) is 3.35. The predicted molar refractivity (Wildman–Crippen MR) is 60.7 cm³/mol. The van der Waals surface area contributed by atoms with Crippen molar-refractivity contribution in [3.05, 3.63) is 34.4 Å². The Labute approximate surface area is 98.8 Å². The third kappa shape index (κ3) is 2.71. The van der Waals surface area contributed by atoms with E-state index in [0.29, 0.717) is 17.9 Å². The maximum atomic E-state index is 13.5. The SMILES string of the molecule is Fc1cc(F)c(CC2CCNCC2)cc1Cl. The number of nitrogens with one attached hydrogen (secondary N) is 1. The first-order valence-corrected chi connectivity index (χ1v) is 5.89. The van der Waals surface area contributed by atoms with Gasteiger partial charge in [-0.25, -0.2) is 8.78 Å². The second kappa shape index (κ2) is 5.11. The summed E-state index contributed by atoms with van der Waals surface area (Å²) >= 11 is 5.65. The molecule has 1 N–H and O–H groups in total. The van der Waals surface area contributed by atoms with Crippen molar-refractivity contribution in [2.75, 3.05) is 13.1 Å². The summed E-state index contributed by atoms with van der Waals surface area (Å²) in [5.74, 6) is -0.703. The number of benzene rings is 1. The highest BCUT2D eigenvalue weighted by Crippen LogP contribution is 2.24. The smallest absolute Gasteiger partial charge is 0.144 e. The predicted octanol–water partition coefficient (Wildman–Crippen LogP) is 3.16. The van der Waals surface area contributed by atoms with Gasteiger partial charge in [-0.2, -0.15) is 0 Å². The molecular weight excluding hydrogens is 232 g/mol. The molecule has 0 aromatic heterocycles. The van der Waals surface area contributed by atoms with E-state index in [-0.39, 0.29) is 5.02 Å². The van der Waals surface area contributed by atoms with Crippen LogP contribution in [0.5, 0.6) is 0 Å². The van der Waals surface area contributed by atoms with Crippen LogP contribution in [0.15, 0.2) is 12.1 Å². The van der Waals surface area contributed by atoms with Crippen LogP contribution >= 0.6 is 11.6 Å². The summed E-state index contributed by atoms with van der Waals surface area (Å²) in [5.41, 5.74) is 0.526. The standard InChI is InChI=1S/C12H14ClF2N/c13-10-6-9(11(14)7-12(10)15)5-8-1-3-16-4-2-8/h6-8,16H,1-5H2. The number of hydrogen-bond donors (Lipinski definition) is 1. The molecule has 1 fully saturated rings. The summed E-state index contributed by atoms with van der Waals surface area (Å²) in [4.78, 5) is 0. The molecule has 1 saturated heterocycles. The van der Waals surface area contributed by atoms with E-state index in [1.54, 1.807) is 0 Å². The Hall–Kier alpha value is -0.670. The molecule has 4 heteroatoms. The second-order valence-electron chi connectivity index (χ2n) is 4.26. The van der Waals surface area contributed by atoms with Crippen LogP contribution in [0.4, 0.5) is 8.78 Å². The summed E-state index contributed by atoms with van der Waals surface area (Å²) in [5, 5.41) is 3.26. The maximum Gasteiger partial charge on any atom is 0.144 e. The molecule has 0 atom stereocenters. The molecule has 2 rings (SSSR count). The molecule has 1 aliphatic rings. The average molecular weight is 246 g/mol. The van der Waals surface area contributed by atoms with Gasteiger partial charge in [-0.1, -0.05) is 11.6 Å². The van der Waals surface area contributed by atoms with E-state index in [0.717, 1.165) is 32.0 Å². The van der Waals surface area contributed by atoms with Gasteiger partial charge in [-0.05, 0) is 49.9 Å². The Kier molecular flexibility index (Phi) is 3.77. The molecule has 0 aliphatic carbocycles. The molecule has 0 bridgehead atoms. The fourth-order valence-electron chi connectivity index (χ4n) is 2.12. The number of piperidine rings is 1. The van der Waals surface area contributed by atoms with Crippen molar-refractivity contribution in [3.63, 3.8) is 0 Å². The molecule has 0 spiro atoms. The van der Waals surface area contributed by atoms with Crippen LogP contribution in [-0.4, -0.2) is 13.1 Å². The highest BCUT2D eigenvalue weighted by molar-refractivity contribution is 6.30. The molecule has 0 saturated carbocycles. The van der Waals surface area contributed by atoms with E-state index in [2.05, 4.69) is 5.32 Å². The summed E-state index contributed by atoms with van der Waals surface area (Å²) in [6, 6.07) is 2.28. The lowest BCUT2D eigenvalue weighted by molar-refractivity contribution is 0.368. The number of rotatable bonds is 2. The number of hydrogen-bond acceptors (Lipinski definition) is 1. The summed E-state index contributed by atoms with van der Waals surface area (Å²) in [6.07, 6.45) is 2.72. The fraction of sp³-hybridized carbons (Fsp3) is 0.500. The maximum absolute atomic E-state index is 13.5. The van der Waals surface area contributed by atoms with Crippen LogP contribution in [0.25, 0.3) is 0 Å². The van der Waals surface area contributed by atoms with Gasteiger partial charge < -0.3 is 5.32 Å². The van der Waals surface area contributed by atoms with Gasteiger partial charge in [0.1, 0.15) is 11.6 Å². The molecule has 88 valence electrons. The van der Waals surface area contributed by atoms with Crippen LogP contribution < -0.4 is 5.32 Å². The van der Waals surface area contributed by atoms with Crippen LogP contribution in [0.2, 0.25) is 5.02 Å². The normalized spacial score (nSPS) is 17.7. The largest absolute Gasteiger partial charge is 0.317 e. The van der Waals surface area contributed by atoms with E-state index in [4.69, 9.17) is 11.6 Å². The quantitative estimate of drug-likeness (QED) is 0.790. The Balaban J connectivity index is 2.11. The van der Waals surface area contributed by atoms with E-state index < -0.39 is 11.6 Å². The molecule has 1 aromatic carbocycles. The van der Waals surface area contributed by atoms with Crippen molar-refractivity contribution in [3.8, 4) is 0 Å². The molecule has 0 amide bonds. The summed E-state index contributed by atoms with van der Waals surface area (Å²) < 4.78 is 26.4. The first-order valence-electron chi connectivity index (χ1n) is 5.51. The summed E-state index contributed by atoms with van der Waals surface area (Å²) in [6.45, 7) is 1.95. The molecule has 0 radical (unpaired) electrons. The zero-order valence-corrected chi connectivity index (χ0v) is 9.66. The fourth-order valence-corrected chi connectivity index (χ4v) is 2.30. The van der Waals surface area contributed by atoms with Crippen molar-refractivity contribution in [2.24, 2.45) is 5.92 Å². The molecule has 1 aromatic rings. The topological polar surface area (TPSA) is 12.0 Å². The molecule has 0 unspecified atom stereocenters. The van der Waals surface area contributed by atoms with Crippen molar-refractivity contribution in [1.29, 1.82) is 0 Å². The van der Waals surface area contributed by atoms with E-state index in [1.165, 1.54) is 6.07 Å². The minimum Gasteiger partial charge on any atom is -0.317 e. The minimum absolute atomic E-state index is 0.00494. The van der Waals surface area contributed by atoms with Gasteiger partial charge in [-0.15, -0.1) is 0 Å². The Morgan fingerprint density at radius 3 is 2.56 bits per heavy atom. The highest BCUT2D eigenvalue weighted by atomic mass is 35.5. The van der Waals surface area contributed by atoms with Gasteiger partial charge in [-0.3, -0.25) is 0 Å². The lowest BCUT2D eigenvalue weighted by Crippen LogP contribution is -2.28. The van der Waals surface area contributed by atoms with Crippen molar-refractivity contribution < 1.29 is 8.78 Å². The van der Waals surface area contributed by atoms with Crippen LogP contribution in [0, 0.1) is 17.6 Å². The molecule has 16 heavy (non-hydrogen) atoms. The molecule has 1 aliphatic heterocycles. The Morgan fingerprint density at radius 2 is 1.88 bits per heavy atom. The van der Waals surface area contributed by atoms with Crippen LogP contribution in [-0.2, 0) is 6.42 Å². The van der Waals surface area contributed by atoms with Gasteiger partial charge in [0.25, 0.3) is 0 Å². The van der Waals surface area contributed by atoms with Gasteiger partial charge in [0.05, 0.1) is 5.02 Å². The van der Waals surface area contributed by atoms with E-state index in [1.807, 2.05) is 0 Å². The Bertz CT molecular complexity index is 376. The summed E-state index contributed by atoms with van der Waals surface area (Å²) in [7, 11) is 0. The van der Waals surface area contributed by atoms with Gasteiger partial charge in [0.2, 0.25) is 0 Å². The van der Waals surface area contributed by atoms with Gasteiger partial charge in [0, 0.05) is 6.07 Å². The van der Waals surface area contributed by atoms with Gasteiger partial charge >= 0.3 is 0 Å². The molecular formula is C12H14ClF2N. The third-order valence-electron chi connectivity index (χ3n) is 3.06. The van der Waals surface area contributed by atoms with Crippen LogP contribution in [0.3, 0.4) is 0 Å². The first kappa shape index (κ1) is 11.8. The highest BCUT2D eigenvalue weighted by Gasteiger charge is 2.16.